The van der Waals surface area contributed by atoms with Gasteiger partial charge in [-0.25, -0.2) is 8.42 Å². The summed E-state index contributed by atoms with van der Waals surface area (Å²) >= 11 is 6.94. The topological polar surface area (TPSA) is 132 Å². The van der Waals surface area contributed by atoms with E-state index < -0.39 is 10.0 Å². The third-order valence-electron chi connectivity index (χ3n) is 4.72. The van der Waals surface area contributed by atoms with Gasteiger partial charge in [0.05, 0.1) is 10.6 Å². The lowest BCUT2D eigenvalue weighted by molar-refractivity contribution is -0.113. The standard InChI is InChI=1S/C22H20ClN7O3S2.ClH/c1-2-30-21(15-6-4-3-5-7-15)27-28-22(30)34-14-20(31)24-16-8-10-17(11-9-16)35(32,33)29-19-13-12-18(23)25-26-19;/h3-13H,2,14H2,1H3,(H,24,31)(H,26,29);1H/p-1. The SMILES string of the molecule is CCn1c(SCC(=O)Nc2ccc(S(=O)(=O)Nc3ccc(Cl)nn3)cc2)nnc1-c1ccccc1.[Cl-]. The summed E-state index contributed by atoms with van der Waals surface area (Å²) in [5, 5.41) is 19.3. The fourth-order valence-electron chi connectivity index (χ4n) is 3.09. The lowest BCUT2D eigenvalue weighted by atomic mass is 10.2. The van der Waals surface area contributed by atoms with Gasteiger partial charge in [0.2, 0.25) is 5.91 Å². The van der Waals surface area contributed by atoms with Crippen molar-refractivity contribution < 1.29 is 25.6 Å². The first kappa shape index (κ1) is 27.4. The van der Waals surface area contributed by atoms with Crippen LogP contribution in [0.4, 0.5) is 11.5 Å². The number of aromatic nitrogens is 5. The first-order valence-electron chi connectivity index (χ1n) is 10.4. The van der Waals surface area contributed by atoms with Crippen LogP contribution in [0.15, 0.2) is 76.8 Å². The molecule has 1 amide bonds. The third-order valence-corrected chi connectivity index (χ3v) is 7.26. The van der Waals surface area contributed by atoms with Gasteiger partial charge in [0.25, 0.3) is 10.0 Å². The monoisotopic (exact) mass is 564 g/mol. The number of nitrogens with one attached hydrogen (secondary N) is 2. The minimum absolute atomic E-state index is 0. The number of sulfonamides is 1. The van der Waals surface area contributed by atoms with Crippen LogP contribution in [0.3, 0.4) is 0 Å². The van der Waals surface area contributed by atoms with Crippen molar-refractivity contribution in [1.82, 2.24) is 25.0 Å². The Kier molecular flexibility index (Phi) is 9.26. The van der Waals surface area contributed by atoms with Crippen LogP contribution in [0.5, 0.6) is 0 Å². The van der Waals surface area contributed by atoms with Crippen molar-refractivity contribution in [3.05, 3.63) is 71.9 Å². The highest BCUT2D eigenvalue weighted by Gasteiger charge is 2.17. The van der Waals surface area contributed by atoms with Crippen LogP contribution < -0.4 is 22.4 Å². The summed E-state index contributed by atoms with van der Waals surface area (Å²) in [4.78, 5) is 12.5. The molecule has 0 saturated carbocycles. The van der Waals surface area contributed by atoms with Gasteiger partial charge < -0.3 is 22.3 Å². The van der Waals surface area contributed by atoms with Gasteiger partial charge in [-0.3, -0.25) is 9.52 Å². The number of nitrogens with zero attached hydrogens (tertiary/aromatic N) is 5. The molecule has 188 valence electrons. The lowest BCUT2D eigenvalue weighted by Crippen LogP contribution is -3.00. The van der Waals surface area contributed by atoms with Gasteiger partial charge in [-0.2, -0.15) is 0 Å². The van der Waals surface area contributed by atoms with Crippen molar-refractivity contribution in [2.45, 2.75) is 23.5 Å². The fourth-order valence-corrected chi connectivity index (χ4v) is 4.99. The van der Waals surface area contributed by atoms with Crippen LogP contribution in [0, 0.1) is 0 Å². The Morgan fingerprint density at radius 2 is 1.69 bits per heavy atom. The summed E-state index contributed by atoms with van der Waals surface area (Å²) in [6.07, 6.45) is 0. The zero-order valence-electron chi connectivity index (χ0n) is 18.8. The normalized spacial score (nSPS) is 10.9. The van der Waals surface area contributed by atoms with E-state index in [1.54, 1.807) is 0 Å². The predicted octanol–water partition coefficient (Wildman–Crippen LogP) is 0.944. The molecule has 0 aliphatic rings. The molecule has 0 aliphatic carbocycles. The van der Waals surface area contributed by atoms with E-state index in [-0.39, 0.29) is 39.9 Å². The van der Waals surface area contributed by atoms with Gasteiger partial charge in [-0.15, -0.1) is 20.4 Å². The highest BCUT2D eigenvalue weighted by Crippen LogP contribution is 2.24. The van der Waals surface area contributed by atoms with Gasteiger partial charge in [0.1, 0.15) is 0 Å². The molecule has 2 N–H and O–H groups in total. The van der Waals surface area contributed by atoms with Gasteiger partial charge in [0, 0.05) is 17.8 Å². The van der Waals surface area contributed by atoms with E-state index >= 15 is 0 Å². The van der Waals surface area contributed by atoms with Crippen LogP contribution in [-0.4, -0.2) is 45.0 Å². The Balaban J connectivity index is 0.00000361. The zero-order chi connectivity index (χ0) is 24.8. The summed E-state index contributed by atoms with van der Waals surface area (Å²) in [5.41, 5.74) is 1.41. The summed E-state index contributed by atoms with van der Waals surface area (Å²) in [5.74, 6) is 0.640. The number of anilines is 2. The quantitative estimate of drug-likeness (QED) is 0.287. The van der Waals surface area contributed by atoms with E-state index in [4.69, 9.17) is 11.6 Å². The summed E-state index contributed by atoms with van der Waals surface area (Å²) in [6.45, 7) is 2.65. The minimum atomic E-state index is -3.88. The number of carbonyl (C=O) groups is 1. The number of hydrogen-bond acceptors (Lipinski definition) is 8. The Hall–Kier alpha value is -3.19. The van der Waals surface area contributed by atoms with E-state index in [0.29, 0.717) is 17.4 Å². The van der Waals surface area contributed by atoms with Crippen molar-refractivity contribution in [3.8, 4) is 11.4 Å². The minimum Gasteiger partial charge on any atom is -1.00 e. The summed E-state index contributed by atoms with van der Waals surface area (Å²) < 4.78 is 29.3. The molecule has 2 aromatic carbocycles. The maximum absolute atomic E-state index is 12.5. The largest absolute Gasteiger partial charge is 1.00 e. The van der Waals surface area contributed by atoms with Crippen molar-refractivity contribution in [1.29, 1.82) is 0 Å². The highest BCUT2D eigenvalue weighted by molar-refractivity contribution is 7.99. The number of amides is 1. The molecule has 0 radical (unpaired) electrons. The summed E-state index contributed by atoms with van der Waals surface area (Å²) in [6, 6.07) is 18.3. The van der Waals surface area contributed by atoms with E-state index in [1.807, 2.05) is 41.8 Å². The molecule has 0 spiro atoms. The number of rotatable bonds is 9. The number of hydrogen-bond donors (Lipinski definition) is 2. The Morgan fingerprint density at radius 3 is 2.33 bits per heavy atom. The molecule has 0 fully saturated rings. The summed E-state index contributed by atoms with van der Waals surface area (Å²) in [7, 11) is -3.88. The Labute approximate surface area is 223 Å². The van der Waals surface area contributed by atoms with Gasteiger partial charge in [0.15, 0.2) is 22.0 Å². The molecule has 10 nitrogen and oxygen atoms in total. The first-order valence-corrected chi connectivity index (χ1v) is 13.2. The average Bonchev–Trinajstić information content (AvgIpc) is 3.28. The molecule has 4 aromatic rings. The second-order valence-electron chi connectivity index (χ2n) is 7.12. The molecule has 4 rings (SSSR count). The molecule has 36 heavy (non-hydrogen) atoms. The second-order valence-corrected chi connectivity index (χ2v) is 10.1. The molecule has 0 bridgehead atoms. The average molecular weight is 565 g/mol. The van der Waals surface area contributed by atoms with E-state index in [2.05, 4.69) is 30.4 Å². The van der Waals surface area contributed by atoms with Crippen LogP contribution in [-0.2, 0) is 21.4 Å². The molecule has 2 heterocycles. The maximum atomic E-state index is 12.5. The van der Waals surface area contributed by atoms with Crippen LogP contribution in [0.25, 0.3) is 11.4 Å². The van der Waals surface area contributed by atoms with Gasteiger partial charge in [-0.05, 0) is 43.3 Å². The Bertz CT molecular complexity index is 1420. The van der Waals surface area contributed by atoms with Crippen LogP contribution in [0.1, 0.15) is 6.92 Å². The number of carbonyl (C=O) groups excluding carboxylic acids is 1. The molecule has 0 saturated heterocycles. The van der Waals surface area contributed by atoms with Gasteiger partial charge in [-0.1, -0.05) is 53.7 Å². The Morgan fingerprint density at radius 1 is 0.972 bits per heavy atom. The fraction of sp³-hybridized carbons (Fsp3) is 0.136. The number of benzene rings is 2. The number of halogens is 2. The second kappa shape index (κ2) is 12.2. The van der Waals surface area contributed by atoms with Crippen LogP contribution >= 0.6 is 23.4 Å². The smallest absolute Gasteiger partial charge is 0.263 e. The van der Waals surface area contributed by atoms with E-state index in [9.17, 15) is 13.2 Å². The molecule has 14 heteroatoms. The zero-order valence-corrected chi connectivity index (χ0v) is 21.9. The van der Waals surface area contributed by atoms with Crippen molar-refractivity contribution in [2.24, 2.45) is 0 Å². The third kappa shape index (κ3) is 6.72. The van der Waals surface area contributed by atoms with Gasteiger partial charge >= 0.3 is 0 Å². The van der Waals surface area contributed by atoms with Crippen molar-refractivity contribution in [2.75, 3.05) is 15.8 Å². The molecule has 2 aromatic heterocycles. The maximum Gasteiger partial charge on any atom is 0.263 e. The first-order chi connectivity index (χ1) is 16.9. The van der Waals surface area contributed by atoms with Crippen molar-refractivity contribution >= 4 is 50.8 Å². The van der Waals surface area contributed by atoms with Crippen molar-refractivity contribution in [3.63, 3.8) is 0 Å². The molecule has 0 atom stereocenters. The lowest BCUT2D eigenvalue weighted by Gasteiger charge is -2.09. The molecular formula is C22H20Cl2N7O3S2-. The predicted molar refractivity (Wildman–Crippen MR) is 135 cm³/mol. The molecular weight excluding hydrogens is 545 g/mol. The molecule has 0 aliphatic heterocycles. The highest BCUT2D eigenvalue weighted by atomic mass is 35.5. The van der Waals surface area contributed by atoms with E-state index in [1.165, 1.54) is 48.2 Å². The number of thioether (sulfide) groups is 1. The van der Waals surface area contributed by atoms with E-state index in [0.717, 1.165) is 11.4 Å². The van der Waals surface area contributed by atoms with Crippen LogP contribution in [0.2, 0.25) is 5.15 Å². The molecule has 0 unspecified atom stereocenters.